The van der Waals surface area contributed by atoms with E-state index < -0.39 is 0 Å². The maximum atomic E-state index is 0. The summed E-state index contributed by atoms with van der Waals surface area (Å²) in [6.45, 7) is 0. The van der Waals surface area contributed by atoms with E-state index in [9.17, 15) is 0 Å². The van der Waals surface area contributed by atoms with Crippen molar-refractivity contribution in [2.45, 2.75) is 0 Å². The van der Waals surface area contributed by atoms with E-state index in [-0.39, 0.29) is 72.9 Å². The second-order valence-corrected chi connectivity index (χ2v) is 0. The Hall–Kier alpha value is 2.21. The van der Waals surface area contributed by atoms with Crippen LogP contribution in [0.3, 0.4) is 0 Å². The molecule has 4 heteroatoms. The SMILES string of the molecule is [Br-].[Br-].[Zn+2].[Zn+2]. The zero-order chi connectivity index (χ0) is 0. The molecule has 16 valence electrons. The van der Waals surface area contributed by atoms with Crippen molar-refractivity contribution in [2.75, 3.05) is 0 Å². The van der Waals surface area contributed by atoms with E-state index in [4.69, 9.17) is 0 Å². The summed E-state index contributed by atoms with van der Waals surface area (Å²) in [6.07, 6.45) is 0. The van der Waals surface area contributed by atoms with Crippen molar-refractivity contribution >= 4 is 0 Å². The van der Waals surface area contributed by atoms with Crippen LogP contribution in [0.5, 0.6) is 0 Å². The molecule has 0 aromatic rings. The van der Waals surface area contributed by atoms with Crippen molar-refractivity contribution in [1.82, 2.24) is 0 Å². The maximum absolute atomic E-state index is 0. The zero-order valence-corrected chi connectivity index (χ0v) is 11.3. The van der Waals surface area contributed by atoms with E-state index in [0.29, 0.717) is 0 Å². The van der Waals surface area contributed by atoms with Crippen LogP contribution in [-0.4, -0.2) is 0 Å². The second-order valence-electron chi connectivity index (χ2n) is 0. The number of rotatable bonds is 0. The average molecular weight is 291 g/mol. The minimum Gasteiger partial charge on any atom is -1.00 e. The van der Waals surface area contributed by atoms with Gasteiger partial charge < -0.3 is 34.0 Å². The normalized spacial score (nSPS) is 0. The average Bonchev–Trinajstić information content (AvgIpc) is 0. The van der Waals surface area contributed by atoms with E-state index >= 15 is 0 Å². The Bertz CT molecular complexity index is 4.00. The summed E-state index contributed by atoms with van der Waals surface area (Å²) in [6, 6.07) is 0. The molecule has 0 N–H and O–H groups in total. The molecule has 0 spiro atoms. The van der Waals surface area contributed by atoms with Gasteiger partial charge in [-0.25, -0.2) is 0 Å². The first-order chi connectivity index (χ1) is 0. The molecule has 0 saturated carbocycles. The number of hydrogen-bond donors (Lipinski definition) is 0. The fraction of sp³-hybridized carbons (Fsp3) is 0. The Kier molecular flexibility index (Phi) is 163. The maximum Gasteiger partial charge on any atom is 2.00 e. The minimum absolute atomic E-state index is 0. The van der Waals surface area contributed by atoms with Crippen LogP contribution in [0.1, 0.15) is 0 Å². The molecule has 0 heterocycles. The van der Waals surface area contributed by atoms with E-state index in [0.717, 1.165) is 0 Å². The molecule has 0 aromatic carbocycles. The Balaban J connectivity index is 0. The van der Waals surface area contributed by atoms with Crippen LogP contribution >= 0.6 is 0 Å². The molecular formula is Br2Zn2+2. The minimum atomic E-state index is 0. The fourth-order valence-corrected chi connectivity index (χ4v) is 0. The summed E-state index contributed by atoms with van der Waals surface area (Å²) in [5.41, 5.74) is 0. The first-order valence-electron chi connectivity index (χ1n) is 0. The van der Waals surface area contributed by atoms with Gasteiger partial charge in [0, 0.05) is 0 Å². The predicted octanol–water partition coefficient (Wildman–Crippen LogP) is -6.00. The molecule has 0 atom stereocenters. The molecular weight excluding hydrogens is 291 g/mol. The quantitative estimate of drug-likeness (QED) is 0.390. The summed E-state index contributed by atoms with van der Waals surface area (Å²) in [4.78, 5) is 0. The smallest absolute Gasteiger partial charge is 1.00 e. The molecule has 0 saturated heterocycles. The first kappa shape index (κ1) is 34.6. The van der Waals surface area contributed by atoms with Crippen LogP contribution in [0, 0.1) is 0 Å². The van der Waals surface area contributed by atoms with Gasteiger partial charge >= 0.3 is 39.0 Å². The number of halogens is 2. The molecule has 0 fully saturated rings. The summed E-state index contributed by atoms with van der Waals surface area (Å²) in [7, 11) is 0. The summed E-state index contributed by atoms with van der Waals surface area (Å²) < 4.78 is 0. The number of hydrogen-bond acceptors (Lipinski definition) is 0. The summed E-state index contributed by atoms with van der Waals surface area (Å²) in [5.74, 6) is 0. The van der Waals surface area contributed by atoms with Gasteiger partial charge in [-0.15, -0.1) is 0 Å². The van der Waals surface area contributed by atoms with Gasteiger partial charge in [-0.3, -0.25) is 0 Å². The summed E-state index contributed by atoms with van der Waals surface area (Å²) >= 11 is 0. The largest absolute Gasteiger partial charge is 2.00 e. The van der Waals surface area contributed by atoms with E-state index in [1.807, 2.05) is 0 Å². The van der Waals surface area contributed by atoms with Gasteiger partial charge in [-0.1, -0.05) is 0 Å². The van der Waals surface area contributed by atoms with Crippen LogP contribution in [-0.2, 0) is 39.0 Å². The molecule has 0 amide bonds. The van der Waals surface area contributed by atoms with Crippen molar-refractivity contribution in [1.29, 1.82) is 0 Å². The van der Waals surface area contributed by atoms with Gasteiger partial charge in [0.15, 0.2) is 0 Å². The van der Waals surface area contributed by atoms with E-state index in [2.05, 4.69) is 0 Å². The van der Waals surface area contributed by atoms with Gasteiger partial charge in [0.25, 0.3) is 0 Å². The molecule has 0 rings (SSSR count). The predicted molar refractivity (Wildman–Crippen MR) is 0 cm³/mol. The third-order valence-corrected chi connectivity index (χ3v) is 0. The Labute approximate surface area is 72.2 Å². The van der Waals surface area contributed by atoms with Gasteiger partial charge in [-0.2, -0.15) is 0 Å². The molecule has 0 bridgehead atoms. The Morgan fingerprint density at radius 3 is 0.500 bits per heavy atom. The first-order valence-corrected chi connectivity index (χ1v) is 0. The molecule has 4 heavy (non-hydrogen) atoms. The standard InChI is InChI=1S/2BrH.2Zn/h2*1H;;/q;;2*+2/p-2. The second kappa shape index (κ2) is 18.9. The fourth-order valence-electron chi connectivity index (χ4n) is 0. The van der Waals surface area contributed by atoms with E-state index in [1.54, 1.807) is 0 Å². The van der Waals surface area contributed by atoms with Gasteiger partial charge in [0.1, 0.15) is 0 Å². The molecule has 0 radical (unpaired) electrons. The molecule has 0 aliphatic heterocycles. The summed E-state index contributed by atoms with van der Waals surface area (Å²) in [5, 5.41) is 0. The van der Waals surface area contributed by atoms with E-state index in [1.165, 1.54) is 0 Å². The van der Waals surface area contributed by atoms with Gasteiger partial charge in [0.2, 0.25) is 0 Å². The topological polar surface area (TPSA) is 0 Å². The van der Waals surface area contributed by atoms with Crippen LogP contribution in [0.25, 0.3) is 0 Å². The third kappa shape index (κ3) is 8.88. The van der Waals surface area contributed by atoms with Crippen molar-refractivity contribution in [2.24, 2.45) is 0 Å². The monoisotopic (exact) mass is 286 g/mol. The van der Waals surface area contributed by atoms with Crippen molar-refractivity contribution in [3.8, 4) is 0 Å². The van der Waals surface area contributed by atoms with Crippen molar-refractivity contribution in [3.05, 3.63) is 0 Å². The Morgan fingerprint density at radius 2 is 0.500 bits per heavy atom. The van der Waals surface area contributed by atoms with Gasteiger partial charge in [0.05, 0.1) is 0 Å². The van der Waals surface area contributed by atoms with Crippen molar-refractivity contribution < 1.29 is 72.9 Å². The van der Waals surface area contributed by atoms with Crippen LogP contribution in [0.4, 0.5) is 0 Å². The van der Waals surface area contributed by atoms with Crippen LogP contribution in [0.15, 0.2) is 0 Å². The molecule has 0 aliphatic carbocycles. The molecule has 0 aliphatic rings. The third-order valence-electron chi connectivity index (χ3n) is 0. The molecule has 0 unspecified atom stereocenters. The van der Waals surface area contributed by atoms with Crippen LogP contribution < -0.4 is 34.0 Å². The van der Waals surface area contributed by atoms with Crippen LogP contribution in [0.2, 0.25) is 0 Å². The Morgan fingerprint density at radius 1 is 0.500 bits per heavy atom. The van der Waals surface area contributed by atoms with Crippen molar-refractivity contribution in [3.63, 3.8) is 0 Å². The van der Waals surface area contributed by atoms with Gasteiger partial charge in [-0.05, 0) is 0 Å². The molecule has 0 aromatic heterocycles. The molecule has 0 nitrogen and oxygen atoms in total. The zero-order valence-electron chi connectivity index (χ0n) is 2.17.